The average molecular weight is 256 g/mol. The number of ether oxygens (including phenoxy) is 1. The van der Waals surface area contributed by atoms with Gasteiger partial charge in [0.05, 0.1) is 0 Å². The molecule has 3 nitrogen and oxygen atoms in total. The van der Waals surface area contributed by atoms with Crippen LogP contribution < -0.4 is 4.74 Å². The van der Waals surface area contributed by atoms with Crippen molar-refractivity contribution in [3.05, 3.63) is 59.2 Å². The summed E-state index contributed by atoms with van der Waals surface area (Å²) >= 11 is 0. The maximum atomic E-state index is 11.3. The van der Waals surface area contributed by atoms with Crippen LogP contribution in [0, 0.1) is 6.92 Å². The van der Waals surface area contributed by atoms with E-state index in [1.807, 2.05) is 31.2 Å². The monoisotopic (exact) mass is 256 g/mol. The van der Waals surface area contributed by atoms with Gasteiger partial charge in [-0.2, -0.15) is 0 Å². The largest absolute Gasteiger partial charge is 0.508 e. The quantitative estimate of drug-likeness (QED) is 0.852. The lowest BCUT2D eigenvalue weighted by Gasteiger charge is -2.10. The minimum absolute atomic E-state index is 0.0492. The van der Waals surface area contributed by atoms with E-state index < -0.39 is 0 Å². The number of carbonyl (C=O) groups excluding carboxylic acids is 1. The van der Waals surface area contributed by atoms with Crippen LogP contribution in [0.3, 0.4) is 0 Å². The number of aryl methyl sites for hydroxylation is 1. The number of phenolic OH excluding ortho intramolecular Hbond substituents is 1. The minimum Gasteiger partial charge on any atom is -0.508 e. The molecular formula is C16H16O3. The SMILES string of the molecule is CC(=O)c1ccc(OCc2ccc(O)cc2)c(C)c1. The number of hydrogen-bond donors (Lipinski definition) is 1. The second-order valence-corrected chi connectivity index (χ2v) is 4.49. The predicted octanol–water partition coefficient (Wildman–Crippen LogP) is 3.48. The standard InChI is InChI=1S/C16H16O3/c1-11-9-14(12(2)17)5-8-16(11)19-10-13-3-6-15(18)7-4-13/h3-9,18H,10H2,1-2H3. The number of aromatic hydroxyl groups is 1. The Morgan fingerprint density at radius 2 is 1.84 bits per heavy atom. The fourth-order valence-electron chi connectivity index (χ4n) is 1.78. The lowest BCUT2D eigenvalue weighted by Crippen LogP contribution is -1.99. The maximum Gasteiger partial charge on any atom is 0.159 e. The highest BCUT2D eigenvalue weighted by Gasteiger charge is 2.04. The van der Waals surface area contributed by atoms with Crippen LogP contribution in [-0.4, -0.2) is 10.9 Å². The highest BCUT2D eigenvalue weighted by molar-refractivity contribution is 5.94. The first-order valence-corrected chi connectivity index (χ1v) is 6.08. The summed E-state index contributed by atoms with van der Waals surface area (Å²) in [5, 5.41) is 9.20. The zero-order valence-corrected chi connectivity index (χ0v) is 11.0. The van der Waals surface area contributed by atoms with Crippen molar-refractivity contribution in [1.82, 2.24) is 0 Å². The number of Topliss-reactive ketones (excluding diaryl/α,β-unsaturated/α-hetero) is 1. The van der Waals surface area contributed by atoms with Gasteiger partial charge in [0.2, 0.25) is 0 Å². The van der Waals surface area contributed by atoms with Crippen LogP contribution >= 0.6 is 0 Å². The van der Waals surface area contributed by atoms with E-state index in [0.717, 1.165) is 16.9 Å². The normalized spacial score (nSPS) is 10.2. The highest BCUT2D eigenvalue weighted by Crippen LogP contribution is 2.21. The summed E-state index contributed by atoms with van der Waals surface area (Å²) in [4.78, 5) is 11.3. The second kappa shape index (κ2) is 5.57. The molecule has 0 saturated carbocycles. The van der Waals surface area contributed by atoms with Crippen molar-refractivity contribution in [2.45, 2.75) is 20.5 Å². The molecule has 0 unspecified atom stereocenters. The Balaban J connectivity index is 2.07. The maximum absolute atomic E-state index is 11.3. The number of carbonyl (C=O) groups is 1. The van der Waals surface area contributed by atoms with E-state index in [4.69, 9.17) is 4.74 Å². The molecule has 0 aromatic heterocycles. The second-order valence-electron chi connectivity index (χ2n) is 4.49. The van der Waals surface area contributed by atoms with Gasteiger partial charge in [0.25, 0.3) is 0 Å². The molecule has 0 amide bonds. The van der Waals surface area contributed by atoms with E-state index in [0.29, 0.717) is 12.2 Å². The van der Waals surface area contributed by atoms with Crippen molar-refractivity contribution in [1.29, 1.82) is 0 Å². The Labute approximate surface area is 112 Å². The van der Waals surface area contributed by atoms with Gasteiger partial charge in [0.15, 0.2) is 5.78 Å². The number of phenols is 1. The zero-order valence-electron chi connectivity index (χ0n) is 11.0. The topological polar surface area (TPSA) is 46.5 Å². The van der Waals surface area contributed by atoms with Gasteiger partial charge in [-0.05, 0) is 55.3 Å². The van der Waals surface area contributed by atoms with E-state index >= 15 is 0 Å². The van der Waals surface area contributed by atoms with Gasteiger partial charge in [0.1, 0.15) is 18.1 Å². The molecule has 0 fully saturated rings. The molecule has 0 heterocycles. The molecule has 98 valence electrons. The Morgan fingerprint density at radius 1 is 1.16 bits per heavy atom. The van der Waals surface area contributed by atoms with Crippen LogP contribution in [0.15, 0.2) is 42.5 Å². The summed E-state index contributed by atoms with van der Waals surface area (Å²) in [5.74, 6) is 1.05. The summed E-state index contributed by atoms with van der Waals surface area (Å²) < 4.78 is 5.70. The molecule has 0 atom stereocenters. The highest BCUT2D eigenvalue weighted by atomic mass is 16.5. The first-order chi connectivity index (χ1) is 9.06. The number of hydrogen-bond acceptors (Lipinski definition) is 3. The van der Waals surface area contributed by atoms with Gasteiger partial charge in [-0.15, -0.1) is 0 Å². The molecule has 0 radical (unpaired) electrons. The van der Waals surface area contributed by atoms with Crippen molar-refractivity contribution < 1.29 is 14.6 Å². The Hall–Kier alpha value is -2.29. The average Bonchev–Trinajstić information content (AvgIpc) is 2.39. The van der Waals surface area contributed by atoms with E-state index in [2.05, 4.69) is 0 Å². The first kappa shape index (κ1) is 13.1. The fourth-order valence-corrected chi connectivity index (χ4v) is 1.78. The van der Waals surface area contributed by atoms with Crippen molar-refractivity contribution in [2.24, 2.45) is 0 Å². The van der Waals surface area contributed by atoms with Crippen LogP contribution in [0.1, 0.15) is 28.4 Å². The summed E-state index contributed by atoms with van der Waals surface area (Å²) in [6, 6.07) is 12.3. The molecule has 1 N–H and O–H groups in total. The summed E-state index contributed by atoms with van der Waals surface area (Å²) in [6.07, 6.45) is 0. The minimum atomic E-state index is 0.0492. The third-order valence-electron chi connectivity index (χ3n) is 2.91. The summed E-state index contributed by atoms with van der Waals surface area (Å²) in [6.45, 7) is 3.89. The third-order valence-corrected chi connectivity index (χ3v) is 2.91. The molecule has 2 rings (SSSR count). The van der Waals surface area contributed by atoms with E-state index in [9.17, 15) is 9.90 Å². The van der Waals surface area contributed by atoms with Crippen LogP contribution in [0.2, 0.25) is 0 Å². The van der Waals surface area contributed by atoms with Crippen molar-refractivity contribution in [3.8, 4) is 11.5 Å². The molecule has 3 heteroatoms. The van der Waals surface area contributed by atoms with Crippen molar-refractivity contribution in [2.75, 3.05) is 0 Å². The number of benzene rings is 2. The van der Waals surface area contributed by atoms with E-state index in [1.54, 1.807) is 25.1 Å². The smallest absolute Gasteiger partial charge is 0.159 e. The zero-order chi connectivity index (χ0) is 13.8. The van der Waals surface area contributed by atoms with Gasteiger partial charge < -0.3 is 9.84 Å². The molecule has 19 heavy (non-hydrogen) atoms. The van der Waals surface area contributed by atoms with Crippen LogP contribution in [-0.2, 0) is 6.61 Å². The molecule has 0 aliphatic carbocycles. The molecule has 2 aromatic carbocycles. The van der Waals surface area contributed by atoms with E-state index in [1.165, 1.54) is 0 Å². The van der Waals surface area contributed by atoms with Gasteiger partial charge in [-0.1, -0.05) is 12.1 Å². The van der Waals surface area contributed by atoms with Crippen molar-refractivity contribution in [3.63, 3.8) is 0 Å². The molecular weight excluding hydrogens is 240 g/mol. The molecule has 0 aliphatic rings. The fraction of sp³-hybridized carbons (Fsp3) is 0.188. The third kappa shape index (κ3) is 3.35. The lowest BCUT2D eigenvalue weighted by atomic mass is 10.1. The first-order valence-electron chi connectivity index (χ1n) is 6.08. The lowest BCUT2D eigenvalue weighted by molar-refractivity contribution is 0.101. The Morgan fingerprint density at radius 3 is 2.42 bits per heavy atom. The molecule has 0 bridgehead atoms. The Kier molecular flexibility index (Phi) is 3.85. The van der Waals surface area contributed by atoms with Gasteiger partial charge in [-0.3, -0.25) is 4.79 Å². The van der Waals surface area contributed by atoms with Gasteiger partial charge in [0, 0.05) is 5.56 Å². The van der Waals surface area contributed by atoms with Crippen LogP contribution in [0.25, 0.3) is 0 Å². The molecule has 2 aromatic rings. The van der Waals surface area contributed by atoms with Crippen LogP contribution in [0.4, 0.5) is 0 Å². The van der Waals surface area contributed by atoms with Gasteiger partial charge in [-0.25, -0.2) is 0 Å². The van der Waals surface area contributed by atoms with Gasteiger partial charge >= 0.3 is 0 Å². The molecule has 0 aliphatic heterocycles. The number of ketones is 1. The van der Waals surface area contributed by atoms with E-state index in [-0.39, 0.29) is 11.5 Å². The number of rotatable bonds is 4. The van der Waals surface area contributed by atoms with Crippen LogP contribution in [0.5, 0.6) is 11.5 Å². The summed E-state index contributed by atoms with van der Waals surface area (Å²) in [5.41, 5.74) is 2.61. The Bertz CT molecular complexity index is 585. The molecule has 0 saturated heterocycles. The van der Waals surface area contributed by atoms with Crippen molar-refractivity contribution >= 4 is 5.78 Å². The predicted molar refractivity (Wildman–Crippen MR) is 73.6 cm³/mol. The summed E-state index contributed by atoms with van der Waals surface area (Å²) in [7, 11) is 0. The molecule has 0 spiro atoms.